The highest BCUT2D eigenvalue weighted by Gasteiger charge is 2.08. The van der Waals surface area contributed by atoms with Crippen molar-refractivity contribution in [2.45, 2.75) is 13.5 Å². The minimum Gasteiger partial charge on any atom is -0.357 e. The van der Waals surface area contributed by atoms with Crippen molar-refractivity contribution >= 4 is 41.5 Å². The van der Waals surface area contributed by atoms with E-state index in [9.17, 15) is 9.18 Å². The summed E-state index contributed by atoms with van der Waals surface area (Å²) >= 11 is 0. The Balaban J connectivity index is 0.00000338. The van der Waals surface area contributed by atoms with Gasteiger partial charge in [0.25, 0.3) is 0 Å². The zero-order valence-electron chi connectivity index (χ0n) is 14.9. The number of halogens is 2. The molecule has 0 fully saturated rings. The molecule has 2 aromatic carbocycles. The Morgan fingerprint density at radius 3 is 2.54 bits per heavy atom. The number of anilines is 1. The minimum absolute atomic E-state index is 0. The van der Waals surface area contributed by atoms with Crippen molar-refractivity contribution in [3.8, 4) is 0 Å². The van der Waals surface area contributed by atoms with Gasteiger partial charge in [0.2, 0.25) is 5.91 Å². The molecule has 0 heterocycles. The smallest absolute Gasteiger partial charge is 0.246 e. The summed E-state index contributed by atoms with van der Waals surface area (Å²) in [6.07, 6.45) is 0. The van der Waals surface area contributed by atoms with Gasteiger partial charge in [0.15, 0.2) is 5.96 Å². The summed E-state index contributed by atoms with van der Waals surface area (Å²) in [7, 11) is 1.85. The van der Waals surface area contributed by atoms with E-state index in [0.29, 0.717) is 19.0 Å². The molecule has 2 rings (SSSR count). The van der Waals surface area contributed by atoms with Gasteiger partial charge in [0.1, 0.15) is 12.4 Å². The van der Waals surface area contributed by atoms with E-state index in [-0.39, 0.29) is 42.2 Å². The third kappa shape index (κ3) is 7.38. The van der Waals surface area contributed by atoms with E-state index in [4.69, 9.17) is 0 Å². The van der Waals surface area contributed by atoms with Gasteiger partial charge in [0.05, 0.1) is 0 Å². The number of aliphatic imine (C=N–C) groups is 1. The molecule has 0 spiro atoms. The lowest BCUT2D eigenvalue weighted by atomic mass is 10.2. The van der Waals surface area contributed by atoms with Gasteiger partial charge in [-0.15, -0.1) is 24.0 Å². The van der Waals surface area contributed by atoms with Crippen LogP contribution in [0.4, 0.5) is 10.1 Å². The minimum atomic E-state index is -0.268. The van der Waals surface area contributed by atoms with Crippen molar-refractivity contribution in [1.82, 2.24) is 10.2 Å². The van der Waals surface area contributed by atoms with Crippen LogP contribution in [0, 0.1) is 5.82 Å². The molecule has 7 heteroatoms. The topological polar surface area (TPSA) is 56.7 Å². The average molecular weight is 470 g/mol. The number of hydrogen-bond donors (Lipinski definition) is 2. The lowest BCUT2D eigenvalue weighted by Crippen LogP contribution is -2.39. The SMILES string of the molecule is CCNC(=NCC(=O)Nc1ccccc1)N(C)Cc1cccc(F)c1.I. The monoisotopic (exact) mass is 470 g/mol. The number of hydrogen-bond acceptors (Lipinski definition) is 2. The molecule has 2 N–H and O–H groups in total. The van der Waals surface area contributed by atoms with Crippen LogP contribution in [0.25, 0.3) is 0 Å². The Bertz CT molecular complexity index is 724. The number of amides is 1. The summed E-state index contributed by atoms with van der Waals surface area (Å²) in [6, 6.07) is 15.7. The van der Waals surface area contributed by atoms with Crippen molar-refractivity contribution in [1.29, 1.82) is 0 Å². The second-order valence-electron chi connectivity index (χ2n) is 5.57. The van der Waals surface area contributed by atoms with Gasteiger partial charge in [-0.3, -0.25) is 4.79 Å². The van der Waals surface area contributed by atoms with Crippen LogP contribution in [-0.2, 0) is 11.3 Å². The number of benzene rings is 2. The molecule has 1 amide bonds. The quantitative estimate of drug-likeness (QED) is 0.386. The van der Waals surface area contributed by atoms with Crippen molar-refractivity contribution in [3.05, 3.63) is 66.0 Å². The van der Waals surface area contributed by atoms with Crippen molar-refractivity contribution in [2.24, 2.45) is 4.99 Å². The predicted molar refractivity (Wildman–Crippen MR) is 114 cm³/mol. The van der Waals surface area contributed by atoms with Gasteiger partial charge in [-0.25, -0.2) is 9.38 Å². The zero-order valence-corrected chi connectivity index (χ0v) is 17.2. The van der Waals surface area contributed by atoms with Crippen LogP contribution in [0.15, 0.2) is 59.6 Å². The summed E-state index contributed by atoms with van der Waals surface area (Å²) in [4.78, 5) is 18.2. The summed E-state index contributed by atoms with van der Waals surface area (Å²) in [6.45, 7) is 3.12. The van der Waals surface area contributed by atoms with Crippen molar-refractivity contribution in [3.63, 3.8) is 0 Å². The molecule has 0 saturated carbocycles. The van der Waals surface area contributed by atoms with Gasteiger partial charge < -0.3 is 15.5 Å². The largest absolute Gasteiger partial charge is 0.357 e. The average Bonchev–Trinajstić information content (AvgIpc) is 2.59. The van der Waals surface area contributed by atoms with E-state index < -0.39 is 0 Å². The van der Waals surface area contributed by atoms with Crippen LogP contribution in [0.1, 0.15) is 12.5 Å². The molecule has 0 aliphatic rings. The van der Waals surface area contributed by atoms with Gasteiger partial charge in [-0.1, -0.05) is 30.3 Å². The third-order valence-corrected chi connectivity index (χ3v) is 3.44. The fourth-order valence-corrected chi connectivity index (χ4v) is 2.32. The fourth-order valence-electron chi connectivity index (χ4n) is 2.32. The molecule has 140 valence electrons. The predicted octanol–water partition coefficient (Wildman–Crippen LogP) is 3.48. The Hall–Kier alpha value is -2.16. The van der Waals surface area contributed by atoms with E-state index in [0.717, 1.165) is 11.3 Å². The Morgan fingerprint density at radius 2 is 1.88 bits per heavy atom. The molecule has 0 unspecified atom stereocenters. The molecule has 5 nitrogen and oxygen atoms in total. The summed E-state index contributed by atoms with van der Waals surface area (Å²) in [5.41, 5.74) is 1.57. The highest BCUT2D eigenvalue weighted by molar-refractivity contribution is 14.0. The van der Waals surface area contributed by atoms with E-state index in [1.807, 2.05) is 55.3 Å². The molecule has 0 aliphatic carbocycles. The lowest BCUT2D eigenvalue weighted by molar-refractivity contribution is -0.114. The number of nitrogens with zero attached hydrogens (tertiary/aromatic N) is 2. The molecule has 2 aromatic rings. The number of guanidine groups is 1. The van der Waals surface area contributed by atoms with E-state index in [1.54, 1.807) is 6.07 Å². The van der Waals surface area contributed by atoms with Crippen LogP contribution < -0.4 is 10.6 Å². The lowest BCUT2D eigenvalue weighted by Gasteiger charge is -2.22. The molecule has 0 atom stereocenters. The van der Waals surface area contributed by atoms with Crippen LogP contribution in [0.2, 0.25) is 0 Å². The van der Waals surface area contributed by atoms with E-state index in [1.165, 1.54) is 12.1 Å². The molecule has 0 aliphatic heterocycles. The number of nitrogens with one attached hydrogen (secondary N) is 2. The molecule has 0 saturated heterocycles. The Labute approximate surface area is 170 Å². The number of rotatable bonds is 6. The maximum Gasteiger partial charge on any atom is 0.246 e. The van der Waals surface area contributed by atoms with Gasteiger partial charge in [-0.2, -0.15) is 0 Å². The maximum atomic E-state index is 13.3. The van der Waals surface area contributed by atoms with Gasteiger partial charge in [-0.05, 0) is 36.8 Å². The number of carbonyl (C=O) groups excluding carboxylic acids is 1. The number of para-hydroxylation sites is 1. The fraction of sp³-hybridized carbons (Fsp3) is 0.263. The molecular formula is C19H24FIN4O. The van der Waals surface area contributed by atoms with Gasteiger partial charge in [0, 0.05) is 25.8 Å². The summed E-state index contributed by atoms with van der Waals surface area (Å²) in [5.74, 6) is 0.130. The van der Waals surface area contributed by atoms with E-state index in [2.05, 4.69) is 15.6 Å². The zero-order chi connectivity index (χ0) is 18.1. The highest BCUT2D eigenvalue weighted by Crippen LogP contribution is 2.07. The van der Waals surface area contributed by atoms with Crippen molar-refractivity contribution < 1.29 is 9.18 Å². The normalized spacial score (nSPS) is 10.7. The number of carbonyl (C=O) groups is 1. The first kappa shape index (κ1) is 21.9. The molecule has 0 radical (unpaired) electrons. The van der Waals surface area contributed by atoms with Crippen LogP contribution >= 0.6 is 24.0 Å². The van der Waals surface area contributed by atoms with E-state index >= 15 is 0 Å². The highest BCUT2D eigenvalue weighted by atomic mass is 127. The molecule has 0 bridgehead atoms. The summed E-state index contributed by atoms with van der Waals surface area (Å²) in [5, 5.41) is 5.93. The first-order valence-corrected chi connectivity index (χ1v) is 8.17. The first-order valence-electron chi connectivity index (χ1n) is 8.17. The van der Waals surface area contributed by atoms with Crippen LogP contribution in [0.5, 0.6) is 0 Å². The molecule has 0 aromatic heterocycles. The first-order chi connectivity index (χ1) is 12.1. The second kappa shape index (κ2) is 11.5. The molecular weight excluding hydrogens is 446 g/mol. The third-order valence-electron chi connectivity index (χ3n) is 3.44. The summed E-state index contributed by atoms with van der Waals surface area (Å²) < 4.78 is 13.3. The Morgan fingerprint density at radius 1 is 1.15 bits per heavy atom. The second-order valence-corrected chi connectivity index (χ2v) is 5.57. The van der Waals surface area contributed by atoms with Gasteiger partial charge >= 0.3 is 0 Å². The van der Waals surface area contributed by atoms with Crippen molar-refractivity contribution in [2.75, 3.05) is 25.5 Å². The maximum absolute atomic E-state index is 13.3. The standard InChI is InChI=1S/C19H23FN4O.HI/c1-3-21-19(24(2)14-15-8-7-9-16(20)12-15)22-13-18(25)23-17-10-5-4-6-11-17;/h4-12H,3,13-14H2,1-2H3,(H,21,22)(H,23,25);1H. The molecule has 26 heavy (non-hydrogen) atoms. The van der Waals surface area contributed by atoms with Crippen LogP contribution in [0.3, 0.4) is 0 Å². The van der Waals surface area contributed by atoms with Crippen LogP contribution in [-0.4, -0.2) is 36.9 Å². The Kier molecular flexibility index (Phi) is 9.64.